The molecule has 4 rings (SSSR count). The fraction of sp³-hybridized carbons (Fsp3) is 0.579. The molecule has 2 aromatic rings. The quantitative estimate of drug-likeness (QED) is 0.870. The van der Waals surface area contributed by atoms with Crippen LogP contribution < -0.4 is 0 Å². The number of hydrogen-bond acceptors (Lipinski definition) is 4. The summed E-state index contributed by atoms with van der Waals surface area (Å²) in [6, 6.07) is 9.49. The van der Waals surface area contributed by atoms with Gasteiger partial charge in [-0.05, 0) is 44.2 Å². The molecule has 0 amide bonds. The highest BCUT2D eigenvalue weighted by Crippen LogP contribution is 2.35. The van der Waals surface area contributed by atoms with Crippen molar-refractivity contribution in [3.05, 3.63) is 47.0 Å². The van der Waals surface area contributed by atoms with Crippen LogP contribution in [0.1, 0.15) is 41.7 Å². The summed E-state index contributed by atoms with van der Waals surface area (Å²) < 4.78 is 8.01. The molecule has 0 saturated carbocycles. The number of hydrogen-bond donors (Lipinski definition) is 0. The zero-order valence-electron chi connectivity index (χ0n) is 14.6. The molecule has 1 aliphatic heterocycles. The summed E-state index contributed by atoms with van der Waals surface area (Å²) >= 11 is 0. The van der Waals surface area contributed by atoms with Crippen LogP contribution in [0.2, 0.25) is 0 Å². The highest BCUT2D eigenvalue weighted by molar-refractivity contribution is 5.32. The minimum atomic E-state index is 0.188. The molecule has 2 aliphatic rings. The van der Waals surface area contributed by atoms with Crippen molar-refractivity contribution >= 4 is 0 Å². The van der Waals surface area contributed by atoms with Crippen LogP contribution in [-0.4, -0.2) is 45.5 Å². The third-order valence-electron chi connectivity index (χ3n) is 5.29. The highest BCUT2D eigenvalue weighted by atomic mass is 16.5. The average molecular weight is 326 g/mol. The molecular formula is C19H26N4O. The molecule has 0 N–H and O–H groups in total. The van der Waals surface area contributed by atoms with Gasteiger partial charge in [-0.2, -0.15) is 5.10 Å². The predicted molar refractivity (Wildman–Crippen MR) is 92.9 cm³/mol. The molecule has 1 aromatic heterocycles. The third-order valence-corrected chi connectivity index (χ3v) is 5.29. The first-order valence-electron chi connectivity index (χ1n) is 9.02. The van der Waals surface area contributed by atoms with Crippen molar-refractivity contribution in [2.75, 3.05) is 19.7 Å². The first-order valence-corrected chi connectivity index (χ1v) is 9.02. The second-order valence-corrected chi connectivity index (χ2v) is 6.98. The molecule has 5 heteroatoms. The molecule has 0 bridgehead atoms. The van der Waals surface area contributed by atoms with Crippen molar-refractivity contribution in [1.82, 2.24) is 19.7 Å². The maximum Gasteiger partial charge on any atom is 0.147 e. The van der Waals surface area contributed by atoms with Gasteiger partial charge in [-0.1, -0.05) is 24.3 Å². The number of aryl methyl sites for hydroxylation is 3. The third kappa shape index (κ3) is 3.10. The topological polar surface area (TPSA) is 43.2 Å². The zero-order chi connectivity index (χ0) is 16.5. The van der Waals surface area contributed by atoms with E-state index in [1.807, 2.05) is 18.5 Å². The number of morpholine rings is 1. The number of benzene rings is 1. The molecule has 2 atom stereocenters. The fourth-order valence-electron chi connectivity index (χ4n) is 4.17. The molecule has 24 heavy (non-hydrogen) atoms. The Morgan fingerprint density at radius 3 is 2.96 bits per heavy atom. The van der Waals surface area contributed by atoms with Crippen molar-refractivity contribution in [1.29, 1.82) is 0 Å². The summed E-state index contributed by atoms with van der Waals surface area (Å²) in [5.74, 6) is 1.80. The molecule has 0 unspecified atom stereocenters. The molecular weight excluding hydrogens is 300 g/mol. The molecule has 5 nitrogen and oxygen atoms in total. The van der Waals surface area contributed by atoms with E-state index < -0.39 is 0 Å². The maximum atomic E-state index is 6.02. The highest BCUT2D eigenvalue weighted by Gasteiger charge is 2.30. The second kappa shape index (κ2) is 6.65. The Bertz CT molecular complexity index is 711. The van der Waals surface area contributed by atoms with E-state index in [0.717, 1.165) is 37.9 Å². The number of rotatable bonds is 3. The smallest absolute Gasteiger partial charge is 0.147 e. The Hall–Kier alpha value is -1.72. The summed E-state index contributed by atoms with van der Waals surface area (Å²) in [5, 5.41) is 4.48. The van der Waals surface area contributed by atoms with Gasteiger partial charge in [-0.3, -0.25) is 4.90 Å². The molecule has 1 aliphatic carbocycles. The number of ether oxygens (including phenoxy) is 1. The first kappa shape index (κ1) is 15.8. The van der Waals surface area contributed by atoms with Crippen LogP contribution in [0, 0.1) is 13.8 Å². The van der Waals surface area contributed by atoms with Gasteiger partial charge < -0.3 is 4.74 Å². The van der Waals surface area contributed by atoms with E-state index >= 15 is 0 Å². The average Bonchev–Trinajstić information content (AvgIpc) is 2.92. The number of nitrogens with zero attached hydrogens (tertiary/aromatic N) is 4. The van der Waals surface area contributed by atoms with Crippen molar-refractivity contribution in [3.8, 4) is 0 Å². The van der Waals surface area contributed by atoms with Crippen LogP contribution in [0.15, 0.2) is 24.3 Å². The van der Waals surface area contributed by atoms with E-state index in [2.05, 4.69) is 39.2 Å². The van der Waals surface area contributed by atoms with Crippen LogP contribution >= 0.6 is 0 Å². The standard InChI is InChI=1S/C19H26N4O/c1-14-20-15(2)23(21-14)13-17-12-22(10-11-24-17)19-9-5-7-16-6-3-4-8-18(16)19/h3-4,6,8,17,19H,5,7,9-13H2,1-2H3/t17-,19+/m1/s1. The summed E-state index contributed by atoms with van der Waals surface area (Å²) in [6.07, 6.45) is 3.95. The molecule has 0 spiro atoms. The van der Waals surface area contributed by atoms with E-state index in [0.29, 0.717) is 6.04 Å². The normalized spacial score (nSPS) is 24.8. The Morgan fingerprint density at radius 2 is 2.12 bits per heavy atom. The van der Waals surface area contributed by atoms with Gasteiger partial charge in [-0.25, -0.2) is 9.67 Å². The summed E-state index contributed by atoms with van der Waals surface area (Å²) in [7, 11) is 0. The van der Waals surface area contributed by atoms with Crippen molar-refractivity contribution in [3.63, 3.8) is 0 Å². The monoisotopic (exact) mass is 326 g/mol. The Labute approximate surface area is 143 Å². The Balaban J connectivity index is 1.48. The zero-order valence-corrected chi connectivity index (χ0v) is 14.6. The van der Waals surface area contributed by atoms with Crippen molar-refractivity contribution in [2.45, 2.75) is 51.8 Å². The van der Waals surface area contributed by atoms with E-state index in [1.165, 1.54) is 30.4 Å². The van der Waals surface area contributed by atoms with Gasteiger partial charge in [0.05, 0.1) is 19.3 Å². The molecule has 1 aromatic carbocycles. The van der Waals surface area contributed by atoms with Crippen molar-refractivity contribution < 1.29 is 4.74 Å². The lowest BCUT2D eigenvalue weighted by Gasteiger charge is -2.40. The van der Waals surface area contributed by atoms with Gasteiger partial charge >= 0.3 is 0 Å². The van der Waals surface area contributed by atoms with E-state index in [1.54, 1.807) is 0 Å². The van der Waals surface area contributed by atoms with Gasteiger partial charge in [0.25, 0.3) is 0 Å². The Kier molecular flexibility index (Phi) is 4.37. The van der Waals surface area contributed by atoms with Crippen molar-refractivity contribution in [2.24, 2.45) is 0 Å². The molecule has 1 fully saturated rings. The lowest BCUT2D eigenvalue weighted by molar-refractivity contribution is -0.0544. The second-order valence-electron chi connectivity index (χ2n) is 6.98. The van der Waals surface area contributed by atoms with E-state index in [9.17, 15) is 0 Å². The number of fused-ring (bicyclic) bond motifs is 1. The summed E-state index contributed by atoms with van der Waals surface area (Å²) in [4.78, 5) is 7.01. The Morgan fingerprint density at radius 1 is 1.25 bits per heavy atom. The van der Waals surface area contributed by atoms with Gasteiger partial charge in [0.2, 0.25) is 0 Å². The van der Waals surface area contributed by atoms with E-state index in [-0.39, 0.29) is 6.10 Å². The van der Waals surface area contributed by atoms with Crippen LogP contribution in [0.5, 0.6) is 0 Å². The first-order chi connectivity index (χ1) is 11.7. The minimum Gasteiger partial charge on any atom is -0.374 e. The van der Waals surface area contributed by atoms with Gasteiger partial charge in [0.15, 0.2) is 0 Å². The number of aromatic nitrogens is 3. The van der Waals surface area contributed by atoms with Crippen LogP contribution in [0.25, 0.3) is 0 Å². The molecule has 128 valence electrons. The lowest BCUT2D eigenvalue weighted by atomic mass is 9.86. The van der Waals surface area contributed by atoms with Crippen LogP contribution in [-0.2, 0) is 17.7 Å². The molecule has 2 heterocycles. The van der Waals surface area contributed by atoms with E-state index in [4.69, 9.17) is 4.74 Å². The fourth-order valence-corrected chi connectivity index (χ4v) is 4.17. The molecule has 1 saturated heterocycles. The summed E-state index contributed by atoms with van der Waals surface area (Å²) in [6.45, 7) is 7.53. The lowest BCUT2D eigenvalue weighted by Crippen LogP contribution is -2.46. The summed E-state index contributed by atoms with van der Waals surface area (Å²) in [5.41, 5.74) is 3.05. The predicted octanol–water partition coefficient (Wildman–Crippen LogP) is 2.67. The van der Waals surface area contributed by atoms with Gasteiger partial charge in [0, 0.05) is 19.1 Å². The minimum absolute atomic E-state index is 0.188. The van der Waals surface area contributed by atoms with Gasteiger partial charge in [-0.15, -0.1) is 0 Å². The SMILES string of the molecule is Cc1nc(C)n(C[C@H]2CN([C@H]3CCCc4ccccc43)CCO2)n1. The molecule has 0 radical (unpaired) electrons. The van der Waals surface area contributed by atoms with Crippen LogP contribution in [0.3, 0.4) is 0 Å². The van der Waals surface area contributed by atoms with Gasteiger partial charge in [0.1, 0.15) is 11.6 Å². The maximum absolute atomic E-state index is 6.02. The largest absolute Gasteiger partial charge is 0.374 e. The van der Waals surface area contributed by atoms with Crippen LogP contribution in [0.4, 0.5) is 0 Å².